The Morgan fingerprint density at radius 3 is 2.48 bits per heavy atom. The summed E-state index contributed by atoms with van der Waals surface area (Å²) in [6.45, 7) is 8.89. The summed E-state index contributed by atoms with van der Waals surface area (Å²) >= 11 is 0. The van der Waals surface area contributed by atoms with Crippen LogP contribution in [-0.2, 0) is 9.47 Å². The van der Waals surface area contributed by atoms with Gasteiger partial charge in [0.2, 0.25) is 0 Å². The van der Waals surface area contributed by atoms with Gasteiger partial charge in [0.05, 0.1) is 12.7 Å². The first-order valence-electron chi connectivity index (χ1n) is 10.2. The van der Waals surface area contributed by atoms with Crippen molar-refractivity contribution >= 4 is 0 Å². The van der Waals surface area contributed by atoms with E-state index >= 15 is 0 Å². The SMILES string of the molecule is CC(CC1CCCCC1)CC1(C)OCC(CN2CCCCC2)O1. The van der Waals surface area contributed by atoms with Crippen molar-refractivity contribution in [2.75, 3.05) is 26.2 Å². The maximum Gasteiger partial charge on any atom is 0.166 e. The fourth-order valence-corrected chi connectivity index (χ4v) is 5.02. The number of piperidine rings is 1. The van der Waals surface area contributed by atoms with E-state index in [0.717, 1.165) is 25.5 Å². The Balaban J connectivity index is 1.40. The molecule has 3 fully saturated rings. The number of rotatable bonds is 6. The minimum Gasteiger partial charge on any atom is -0.347 e. The normalized spacial score (nSPS) is 35.5. The molecule has 2 saturated heterocycles. The van der Waals surface area contributed by atoms with Gasteiger partial charge in [0.15, 0.2) is 5.79 Å². The summed E-state index contributed by atoms with van der Waals surface area (Å²) in [4.78, 5) is 2.56. The Labute approximate surface area is 143 Å². The Morgan fingerprint density at radius 2 is 1.74 bits per heavy atom. The molecule has 3 atom stereocenters. The molecule has 3 aliphatic rings. The lowest BCUT2D eigenvalue weighted by atomic mass is 9.81. The number of hydrogen-bond acceptors (Lipinski definition) is 3. The van der Waals surface area contributed by atoms with E-state index in [4.69, 9.17) is 9.47 Å². The van der Waals surface area contributed by atoms with Crippen molar-refractivity contribution in [1.29, 1.82) is 0 Å². The second kappa shape index (κ2) is 8.31. The highest BCUT2D eigenvalue weighted by atomic mass is 16.7. The van der Waals surface area contributed by atoms with E-state index in [9.17, 15) is 0 Å². The van der Waals surface area contributed by atoms with Crippen molar-refractivity contribution in [3.63, 3.8) is 0 Å². The highest BCUT2D eigenvalue weighted by Gasteiger charge is 2.39. The average molecular weight is 324 g/mol. The third kappa shape index (κ3) is 5.44. The van der Waals surface area contributed by atoms with Gasteiger partial charge in [-0.25, -0.2) is 0 Å². The summed E-state index contributed by atoms with van der Waals surface area (Å²) in [7, 11) is 0. The summed E-state index contributed by atoms with van der Waals surface area (Å²) in [6, 6.07) is 0. The first-order valence-corrected chi connectivity index (χ1v) is 10.2. The van der Waals surface area contributed by atoms with Crippen molar-refractivity contribution < 1.29 is 9.47 Å². The van der Waals surface area contributed by atoms with E-state index in [2.05, 4.69) is 18.7 Å². The predicted octanol–water partition coefficient (Wildman–Crippen LogP) is 4.60. The van der Waals surface area contributed by atoms with Crippen molar-refractivity contribution in [3.8, 4) is 0 Å². The van der Waals surface area contributed by atoms with Gasteiger partial charge in [0, 0.05) is 13.0 Å². The van der Waals surface area contributed by atoms with Crippen LogP contribution in [0.15, 0.2) is 0 Å². The molecule has 2 aliphatic heterocycles. The molecule has 1 aliphatic carbocycles. The fraction of sp³-hybridized carbons (Fsp3) is 1.00. The molecular weight excluding hydrogens is 286 g/mol. The van der Waals surface area contributed by atoms with E-state index in [1.807, 2.05) is 0 Å². The van der Waals surface area contributed by atoms with Crippen molar-refractivity contribution in [2.45, 2.75) is 89.9 Å². The smallest absolute Gasteiger partial charge is 0.166 e. The second-order valence-electron chi connectivity index (χ2n) is 8.59. The molecule has 2 heterocycles. The molecule has 3 heteroatoms. The first-order chi connectivity index (χ1) is 11.1. The lowest BCUT2D eigenvalue weighted by molar-refractivity contribution is -0.168. The molecule has 0 spiro atoms. The molecule has 3 unspecified atom stereocenters. The van der Waals surface area contributed by atoms with Gasteiger partial charge in [-0.3, -0.25) is 0 Å². The predicted molar refractivity (Wildman–Crippen MR) is 94.5 cm³/mol. The molecule has 0 aromatic heterocycles. The van der Waals surface area contributed by atoms with Crippen molar-refractivity contribution in [3.05, 3.63) is 0 Å². The number of nitrogens with zero attached hydrogens (tertiary/aromatic N) is 1. The van der Waals surface area contributed by atoms with Crippen LogP contribution in [-0.4, -0.2) is 43.0 Å². The monoisotopic (exact) mass is 323 g/mol. The van der Waals surface area contributed by atoms with Crippen LogP contribution in [0, 0.1) is 11.8 Å². The van der Waals surface area contributed by atoms with Gasteiger partial charge in [-0.2, -0.15) is 0 Å². The van der Waals surface area contributed by atoms with Crippen LogP contribution in [0.25, 0.3) is 0 Å². The molecule has 0 bridgehead atoms. The van der Waals surface area contributed by atoms with Gasteiger partial charge in [0.1, 0.15) is 0 Å². The molecule has 3 rings (SSSR count). The highest BCUT2D eigenvalue weighted by molar-refractivity contribution is 4.81. The zero-order valence-electron chi connectivity index (χ0n) is 15.4. The van der Waals surface area contributed by atoms with Crippen LogP contribution in [0.1, 0.15) is 78.1 Å². The van der Waals surface area contributed by atoms with Crippen LogP contribution < -0.4 is 0 Å². The van der Waals surface area contributed by atoms with Gasteiger partial charge in [-0.1, -0.05) is 45.4 Å². The zero-order chi connectivity index (χ0) is 16.1. The molecule has 1 saturated carbocycles. The van der Waals surface area contributed by atoms with E-state index in [-0.39, 0.29) is 11.9 Å². The third-order valence-electron chi connectivity index (χ3n) is 6.08. The Kier molecular flexibility index (Phi) is 6.39. The van der Waals surface area contributed by atoms with Crippen molar-refractivity contribution in [1.82, 2.24) is 4.90 Å². The van der Waals surface area contributed by atoms with Gasteiger partial charge in [0.25, 0.3) is 0 Å². The summed E-state index contributed by atoms with van der Waals surface area (Å²) in [6.07, 6.45) is 14.0. The van der Waals surface area contributed by atoms with Crippen LogP contribution in [0.3, 0.4) is 0 Å². The minimum absolute atomic E-state index is 0.278. The second-order valence-corrected chi connectivity index (χ2v) is 8.59. The molecule has 0 amide bonds. The van der Waals surface area contributed by atoms with E-state index in [1.54, 1.807) is 0 Å². The van der Waals surface area contributed by atoms with Crippen LogP contribution in [0.5, 0.6) is 0 Å². The van der Waals surface area contributed by atoms with Gasteiger partial charge >= 0.3 is 0 Å². The summed E-state index contributed by atoms with van der Waals surface area (Å²) < 4.78 is 12.5. The molecule has 0 aromatic carbocycles. The summed E-state index contributed by atoms with van der Waals surface area (Å²) in [5.74, 6) is 1.32. The minimum atomic E-state index is -0.339. The molecule has 0 radical (unpaired) electrons. The highest BCUT2D eigenvalue weighted by Crippen LogP contribution is 2.35. The van der Waals surface area contributed by atoms with Crippen LogP contribution in [0.2, 0.25) is 0 Å². The maximum absolute atomic E-state index is 6.35. The Hall–Kier alpha value is -0.120. The largest absolute Gasteiger partial charge is 0.347 e. The van der Waals surface area contributed by atoms with Crippen LogP contribution >= 0.6 is 0 Å². The van der Waals surface area contributed by atoms with E-state index < -0.39 is 0 Å². The average Bonchev–Trinajstić information content (AvgIpc) is 2.89. The molecule has 134 valence electrons. The zero-order valence-corrected chi connectivity index (χ0v) is 15.4. The molecular formula is C20H37NO2. The van der Waals surface area contributed by atoms with Gasteiger partial charge in [-0.05, 0) is 51.1 Å². The number of likely N-dealkylation sites (tertiary alicyclic amines) is 1. The lowest BCUT2D eigenvalue weighted by Crippen LogP contribution is -2.38. The van der Waals surface area contributed by atoms with E-state index in [0.29, 0.717) is 5.92 Å². The molecule has 0 aromatic rings. The third-order valence-corrected chi connectivity index (χ3v) is 6.08. The Morgan fingerprint density at radius 1 is 1.04 bits per heavy atom. The molecule has 23 heavy (non-hydrogen) atoms. The van der Waals surface area contributed by atoms with Crippen LogP contribution in [0.4, 0.5) is 0 Å². The summed E-state index contributed by atoms with van der Waals surface area (Å²) in [5, 5.41) is 0. The quantitative estimate of drug-likeness (QED) is 0.713. The van der Waals surface area contributed by atoms with Crippen molar-refractivity contribution in [2.24, 2.45) is 11.8 Å². The summed E-state index contributed by atoms with van der Waals surface area (Å²) in [5.41, 5.74) is 0. The lowest BCUT2D eigenvalue weighted by Gasteiger charge is -2.31. The number of ether oxygens (including phenoxy) is 2. The number of hydrogen-bond donors (Lipinski definition) is 0. The maximum atomic E-state index is 6.35. The Bertz CT molecular complexity index is 350. The van der Waals surface area contributed by atoms with Gasteiger partial charge in [-0.15, -0.1) is 0 Å². The topological polar surface area (TPSA) is 21.7 Å². The van der Waals surface area contributed by atoms with E-state index in [1.165, 1.54) is 70.9 Å². The first kappa shape index (κ1) is 17.7. The fourth-order valence-electron chi connectivity index (χ4n) is 5.02. The molecule has 3 nitrogen and oxygen atoms in total. The molecule has 0 N–H and O–H groups in total. The van der Waals surface area contributed by atoms with Gasteiger partial charge < -0.3 is 14.4 Å². The standard InChI is InChI=1S/C20H37NO2/c1-17(13-18-9-5-3-6-10-18)14-20(2)22-16-19(23-20)15-21-11-7-4-8-12-21/h17-19H,3-16H2,1-2H3.